The van der Waals surface area contributed by atoms with Gasteiger partial charge in [0, 0.05) is 17.4 Å². The van der Waals surface area contributed by atoms with Gasteiger partial charge in [-0.05, 0) is 24.6 Å². The number of aryl methyl sites for hydroxylation is 1. The first-order valence-corrected chi connectivity index (χ1v) is 7.76. The molecule has 2 aromatic carbocycles. The average molecular weight is 335 g/mol. The zero-order valence-corrected chi connectivity index (χ0v) is 13.7. The van der Waals surface area contributed by atoms with E-state index in [9.17, 15) is 9.59 Å². The number of hydrogen-bond acceptors (Lipinski definition) is 4. The van der Waals surface area contributed by atoms with E-state index in [1.54, 1.807) is 25.3 Å². The fourth-order valence-electron chi connectivity index (χ4n) is 2.25. The van der Waals surface area contributed by atoms with Crippen molar-refractivity contribution < 1.29 is 9.53 Å². The Balaban J connectivity index is 1.61. The summed E-state index contributed by atoms with van der Waals surface area (Å²) in [4.78, 5) is 30.1. The van der Waals surface area contributed by atoms with Crippen LogP contribution < -0.4 is 10.9 Å². The second kappa shape index (κ2) is 7.44. The number of nitrogens with one attached hydrogen (secondary N) is 2. The van der Waals surface area contributed by atoms with Crippen molar-refractivity contribution in [2.75, 3.05) is 5.32 Å². The number of aromatic nitrogens is 2. The summed E-state index contributed by atoms with van der Waals surface area (Å²) >= 11 is 0. The van der Waals surface area contributed by atoms with E-state index in [4.69, 9.17) is 4.74 Å². The number of carbonyl (C=O) groups excluding carboxylic acids is 1. The van der Waals surface area contributed by atoms with Crippen LogP contribution in [0.1, 0.15) is 11.3 Å². The molecule has 25 heavy (non-hydrogen) atoms. The number of hydrogen-bond donors (Lipinski definition) is 2. The van der Waals surface area contributed by atoms with Gasteiger partial charge in [0.1, 0.15) is 12.3 Å². The Morgan fingerprint density at radius 1 is 1.12 bits per heavy atom. The van der Waals surface area contributed by atoms with Gasteiger partial charge in [-0.15, -0.1) is 0 Å². The largest absolute Gasteiger partial charge is 0.444 e. The fourth-order valence-corrected chi connectivity index (χ4v) is 2.25. The molecule has 3 aromatic rings. The molecule has 0 aliphatic rings. The van der Waals surface area contributed by atoms with Crippen LogP contribution in [0.2, 0.25) is 0 Å². The molecule has 3 rings (SSSR count). The van der Waals surface area contributed by atoms with Gasteiger partial charge in [-0.25, -0.2) is 9.78 Å². The van der Waals surface area contributed by atoms with Crippen LogP contribution in [-0.2, 0) is 11.3 Å². The molecule has 0 atom stereocenters. The van der Waals surface area contributed by atoms with E-state index in [0.717, 1.165) is 11.1 Å². The van der Waals surface area contributed by atoms with E-state index in [2.05, 4.69) is 15.3 Å². The average Bonchev–Trinajstić information content (AvgIpc) is 2.64. The van der Waals surface area contributed by atoms with Crippen molar-refractivity contribution in [2.45, 2.75) is 13.5 Å². The molecule has 0 bridgehead atoms. The predicted octanol–water partition coefficient (Wildman–Crippen LogP) is 3.49. The third-order valence-electron chi connectivity index (χ3n) is 3.60. The number of H-pyrrole nitrogens is 1. The van der Waals surface area contributed by atoms with Gasteiger partial charge in [-0.1, -0.05) is 42.5 Å². The molecule has 0 spiro atoms. The van der Waals surface area contributed by atoms with Crippen molar-refractivity contribution in [3.05, 3.63) is 82.4 Å². The van der Waals surface area contributed by atoms with Gasteiger partial charge in [0.25, 0.3) is 5.56 Å². The molecule has 0 aliphatic carbocycles. The Hall–Kier alpha value is -3.41. The number of carbonyl (C=O) groups is 1. The highest BCUT2D eigenvalue weighted by Crippen LogP contribution is 2.18. The van der Waals surface area contributed by atoms with Crippen LogP contribution in [0.4, 0.5) is 10.5 Å². The lowest BCUT2D eigenvalue weighted by Crippen LogP contribution is -2.13. The Labute approximate surface area is 144 Å². The lowest BCUT2D eigenvalue weighted by atomic mass is 10.1. The highest BCUT2D eigenvalue weighted by Gasteiger charge is 2.06. The minimum atomic E-state index is -0.519. The van der Waals surface area contributed by atoms with Crippen molar-refractivity contribution in [1.82, 2.24) is 9.97 Å². The molecule has 0 fully saturated rings. The van der Waals surface area contributed by atoms with E-state index in [1.165, 1.54) is 0 Å². The van der Waals surface area contributed by atoms with Gasteiger partial charge >= 0.3 is 6.09 Å². The normalized spacial score (nSPS) is 10.3. The van der Waals surface area contributed by atoms with Crippen molar-refractivity contribution in [2.24, 2.45) is 0 Å². The number of ether oxygens (including phenoxy) is 1. The second-order valence-corrected chi connectivity index (χ2v) is 5.46. The first-order chi connectivity index (χ1) is 12.1. The Bertz CT molecular complexity index is 919. The van der Waals surface area contributed by atoms with Gasteiger partial charge in [-0.3, -0.25) is 10.1 Å². The molecule has 0 aliphatic heterocycles. The van der Waals surface area contributed by atoms with Crippen molar-refractivity contribution in [3.63, 3.8) is 0 Å². The Morgan fingerprint density at radius 3 is 2.52 bits per heavy atom. The Kier molecular flexibility index (Phi) is 4.89. The van der Waals surface area contributed by atoms with Crippen LogP contribution in [0.25, 0.3) is 11.3 Å². The minimum absolute atomic E-state index is 0.205. The molecule has 1 aromatic heterocycles. The summed E-state index contributed by atoms with van der Waals surface area (Å²) in [6.45, 7) is 1.87. The highest BCUT2D eigenvalue weighted by molar-refractivity contribution is 5.85. The summed E-state index contributed by atoms with van der Waals surface area (Å²) in [6, 6.07) is 16.6. The highest BCUT2D eigenvalue weighted by atomic mass is 16.5. The molecule has 1 amide bonds. The maximum atomic E-state index is 11.8. The number of amides is 1. The maximum absolute atomic E-state index is 11.8. The molecule has 126 valence electrons. The van der Waals surface area contributed by atoms with E-state index in [-0.39, 0.29) is 12.2 Å². The van der Waals surface area contributed by atoms with E-state index in [1.807, 2.05) is 42.5 Å². The molecule has 0 radical (unpaired) electrons. The molecule has 0 unspecified atom stereocenters. The lowest BCUT2D eigenvalue weighted by Gasteiger charge is -2.08. The van der Waals surface area contributed by atoms with Crippen molar-refractivity contribution >= 4 is 11.8 Å². The monoisotopic (exact) mass is 335 g/mol. The molecule has 2 N–H and O–H groups in total. The molecule has 6 nitrogen and oxygen atoms in total. The molecular weight excluding hydrogens is 318 g/mol. The molecule has 6 heteroatoms. The summed E-state index contributed by atoms with van der Waals surface area (Å²) in [5.74, 6) is 0. The quantitative estimate of drug-likeness (QED) is 0.764. The molecule has 0 saturated heterocycles. The smallest absolute Gasteiger partial charge is 0.411 e. The van der Waals surface area contributed by atoms with Crippen LogP contribution in [0.15, 0.2) is 65.6 Å². The number of nitrogens with zero attached hydrogens (tertiary/aromatic N) is 1. The van der Waals surface area contributed by atoms with Crippen molar-refractivity contribution in [1.29, 1.82) is 0 Å². The van der Waals surface area contributed by atoms with Gasteiger partial charge in [0.2, 0.25) is 0 Å². The second-order valence-electron chi connectivity index (χ2n) is 5.46. The van der Waals surface area contributed by atoms with Crippen LogP contribution in [0.3, 0.4) is 0 Å². The molecular formula is C19H17N3O3. The third-order valence-corrected chi connectivity index (χ3v) is 3.60. The van der Waals surface area contributed by atoms with Crippen LogP contribution >= 0.6 is 0 Å². The van der Waals surface area contributed by atoms with Gasteiger partial charge in [0.05, 0.1) is 5.69 Å². The number of benzene rings is 2. The number of anilines is 1. The first kappa shape index (κ1) is 16.4. The lowest BCUT2D eigenvalue weighted by molar-refractivity contribution is 0.155. The minimum Gasteiger partial charge on any atom is -0.444 e. The van der Waals surface area contributed by atoms with Gasteiger partial charge in [-0.2, -0.15) is 0 Å². The van der Waals surface area contributed by atoms with E-state index >= 15 is 0 Å². The zero-order chi connectivity index (χ0) is 17.6. The standard InChI is InChI=1S/C19H17N3O3/c1-13-18(23)20-11-17(21-13)15-7-9-16(10-8-15)22-19(24)25-12-14-5-3-2-4-6-14/h2-11H,12H2,1H3,(H,20,23)(H,22,24). The third kappa shape index (κ3) is 4.32. The van der Waals surface area contributed by atoms with Crippen LogP contribution in [0, 0.1) is 6.92 Å². The van der Waals surface area contributed by atoms with E-state index in [0.29, 0.717) is 17.1 Å². The predicted molar refractivity (Wildman–Crippen MR) is 95.3 cm³/mol. The first-order valence-electron chi connectivity index (χ1n) is 7.76. The Morgan fingerprint density at radius 2 is 1.84 bits per heavy atom. The summed E-state index contributed by atoms with van der Waals surface area (Å²) in [7, 11) is 0. The topological polar surface area (TPSA) is 84.1 Å². The van der Waals surface area contributed by atoms with E-state index < -0.39 is 6.09 Å². The number of rotatable bonds is 4. The van der Waals surface area contributed by atoms with Crippen LogP contribution in [-0.4, -0.2) is 16.1 Å². The summed E-state index contributed by atoms with van der Waals surface area (Å²) < 4.78 is 5.17. The van der Waals surface area contributed by atoms with Gasteiger partial charge in [0.15, 0.2) is 0 Å². The molecule has 0 saturated carbocycles. The van der Waals surface area contributed by atoms with Gasteiger partial charge < -0.3 is 9.72 Å². The SMILES string of the molecule is Cc1nc(-c2ccc(NC(=O)OCc3ccccc3)cc2)c[nH]c1=O. The van der Waals surface area contributed by atoms with Crippen molar-refractivity contribution in [3.8, 4) is 11.3 Å². The fraction of sp³-hybridized carbons (Fsp3) is 0.105. The van der Waals surface area contributed by atoms with Crippen LogP contribution in [0.5, 0.6) is 0 Å². The summed E-state index contributed by atoms with van der Waals surface area (Å²) in [6.07, 6.45) is 1.04. The maximum Gasteiger partial charge on any atom is 0.411 e. The number of aromatic amines is 1. The summed E-state index contributed by atoms with van der Waals surface area (Å²) in [5.41, 5.74) is 3.24. The molecule has 1 heterocycles. The summed E-state index contributed by atoms with van der Waals surface area (Å²) in [5, 5.41) is 2.67. The zero-order valence-electron chi connectivity index (χ0n) is 13.7.